The Balaban J connectivity index is 2.18. The van der Waals surface area contributed by atoms with E-state index in [2.05, 4.69) is 0 Å². The Morgan fingerprint density at radius 2 is 1.82 bits per heavy atom. The minimum absolute atomic E-state index is 0.0441. The monoisotopic (exact) mass is 403 g/mol. The summed E-state index contributed by atoms with van der Waals surface area (Å²) < 4.78 is 14.7. The van der Waals surface area contributed by atoms with Crippen LogP contribution in [0.25, 0.3) is 0 Å². The second-order valence-corrected chi connectivity index (χ2v) is 6.99. The van der Waals surface area contributed by atoms with Crippen LogP contribution in [0.5, 0.6) is 0 Å². The van der Waals surface area contributed by atoms with Gasteiger partial charge in [0.2, 0.25) is 0 Å². The number of nitrogens with one attached hydrogen (secondary N) is 1. The standard InChI is InChI=1S/C20H19ClFN3O3/c1-10-7-11(2)9-13(8-10)19(26)16-12(3)28-25(20(27)24-23)18(16)17-14(21)5-4-6-15(17)22/h4-9,18H,23H2,1-3H3,(H,24,27). The highest BCUT2D eigenvalue weighted by Gasteiger charge is 2.43. The Morgan fingerprint density at radius 1 is 1.18 bits per heavy atom. The van der Waals surface area contributed by atoms with Gasteiger partial charge in [0.1, 0.15) is 17.6 Å². The molecule has 0 radical (unpaired) electrons. The van der Waals surface area contributed by atoms with E-state index in [1.807, 2.05) is 25.3 Å². The second kappa shape index (κ2) is 7.61. The normalized spacial score (nSPS) is 16.2. The lowest BCUT2D eigenvalue weighted by atomic mass is 9.90. The van der Waals surface area contributed by atoms with Crippen molar-refractivity contribution in [1.82, 2.24) is 10.5 Å². The van der Waals surface area contributed by atoms with Crippen LogP contribution in [0.1, 0.15) is 40.0 Å². The number of ketones is 1. The number of Topliss-reactive ketones (excluding diaryl/α,β-unsaturated/α-hetero) is 1. The quantitative estimate of drug-likeness (QED) is 0.349. The fourth-order valence-corrected chi connectivity index (χ4v) is 3.63. The molecule has 1 heterocycles. The molecule has 0 bridgehead atoms. The van der Waals surface area contributed by atoms with Crippen LogP contribution in [0.3, 0.4) is 0 Å². The summed E-state index contributed by atoms with van der Waals surface area (Å²) in [5.41, 5.74) is 4.22. The second-order valence-electron chi connectivity index (χ2n) is 6.58. The van der Waals surface area contributed by atoms with Gasteiger partial charge < -0.3 is 4.84 Å². The third-order valence-corrected chi connectivity index (χ3v) is 4.78. The van der Waals surface area contributed by atoms with Crippen LogP contribution in [0.2, 0.25) is 5.02 Å². The van der Waals surface area contributed by atoms with Crippen molar-refractivity contribution in [3.63, 3.8) is 0 Å². The number of nitrogens with zero attached hydrogens (tertiary/aromatic N) is 1. The molecule has 6 nitrogen and oxygen atoms in total. The summed E-state index contributed by atoms with van der Waals surface area (Å²) in [4.78, 5) is 31.1. The molecule has 1 aliphatic heterocycles. The first-order valence-electron chi connectivity index (χ1n) is 8.50. The molecule has 0 spiro atoms. The van der Waals surface area contributed by atoms with E-state index < -0.39 is 17.9 Å². The highest BCUT2D eigenvalue weighted by Crippen LogP contribution is 2.43. The fraction of sp³-hybridized carbons (Fsp3) is 0.200. The van der Waals surface area contributed by atoms with E-state index in [4.69, 9.17) is 22.3 Å². The zero-order valence-corrected chi connectivity index (χ0v) is 16.3. The van der Waals surface area contributed by atoms with Crippen molar-refractivity contribution in [3.8, 4) is 0 Å². The number of hydrogen-bond donors (Lipinski definition) is 2. The topological polar surface area (TPSA) is 84.7 Å². The van der Waals surface area contributed by atoms with E-state index >= 15 is 0 Å². The lowest BCUT2D eigenvalue weighted by molar-refractivity contribution is -0.0726. The molecule has 0 saturated heterocycles. The third kappa shape index (κ3) is 3.46. The smallest absolute Gasteiger partial charge is 0.365 e. The number of hydroxylamine groups is 2. The molecule has 0 saturated carbocycles. The van der Waals surface area contributed by atoms with E-state index in [9.17, 15) is 14.0 Å². The number of aryl methyl sites for hydroxylation is 2. The molecule has 2 aromatic carbocycles. The predicted octanol–water partition coefficient (Wildman–Crippen LogP) is 4.12. The number of carbonyl (C=O) groups excluding carboxylic acids is 2. The molecule has 1 atom stereocenters. The van der Waals surface area contributed by atoms with Crippen LogP contribution in [0, 0.1) is 19.7 Å². The van der Waals surface area contributed by atoms with E-state index in [0.29, 0.717) is 5.56 Å². The summed E-state index contributed by atoms with van der Waals surface area (Å²) in [5.74, 6) is 4.34. The molecule has 1 aliphatic rings. The Hall–Kier alpha value is -2.90. The lowest BCUT2D eigenvalue weighted by Gasteiger charge is -2.25. The minimum atomic E-state index is -1.19. The number of hydrogen-bond acceptors (Lipinski definition) is 4. The molecule has 2 amide bonds. The van der Waals surface area contributed by atoms with Gasteiger partial charge in [-0.05, 0) is 45.0 Å². The van der Waals surface area contributed by atoms with Crippen LogP contribution in [0.4, 0.5) is 9.18 Å². The number of rotatable bonds is 3. The van der Waals surface area contributed by atoms with Crippen molar-refractivity contribution in [1.29, 1.82) is 0 Å². The Morgan fingerprint density at radius 3 is 2.39 bits per heavy atom. The van der Waals surface area contributed by atoms with Crippen LogP contribution < -0.4 is 11.3 Å². The van der Waals surface area contributed by atoms with Crippen molar-refractivity contribution in [2.45, 2.75) is 26.8 Å². The number of nitrogens with two attached hydrogens (primary N) is 1. The number of urea groups is 1. The van der Waals surface area contributed by atoms with Gasteiger partial charge in [0.05, 0.1) is 5.57 Å². The van der Waals surface area contributed by atoms with Crippen molar-refractivity contribution < 1.29 is 18.8 Å². The molecule has 0 aromatic heterocycles. The molecule has 1 unspecified atom stereocenters. The van der Waals surface area contributed by atoms with E-state index in [1.54, 1.807) is 12.1 Å². The van der Waals surface area contributed by atoms with Crippen molar-refractivity contribution in [2.24, 2.45) is 5.84 Å². The van der Waals surface area contributed by atoms with Crippen LogP contribution in [0.15, 0.2) is 47.7 Å². The largest absolute Gasteiger partial charge is 0.379 e. The van der Waals surface area contributed by atoms with Gasteiger partial charge in [-0.15, -0.1) is 5.06 Å². The predicted molar refractivity (Wildman–Crippen MR) is 103 cm³/mol. The highest BCUT2D eigenvalue weighted by molar-refractivity contribution is 6.31. The Bertz CT molecular complexity index is 966. The molecule has 0 fully saturated rings. The maximum Gasteiger partial charge on any atom is 0.365 e. The van der Waals surface area contributed by atoms with Crippen molar-refractivity contribution in [2.75, 3.05) is 0 Å². The molecule has 3 N–H and O–H groups in total. The number of carbonyl (C=O) groups is 2. The Kier molecular flexibility index (Phi) is 5.40. The van der Waals surface area contributed by atoms with Crippen LogP contribution >= 0.6 is 11.6 Å². The van der Waals surface area contributed by atoms with Crippen molar-refractivity contribution >= 4 is 23.4 Å². The molecule has 28 heavy (non-hydrogen) atoms. The zero-order valence-electron chi connectivity index (χ0n) is 15.5. The maximum absolute atomic E-state index is 14.7. The van der Waals surface area contributed by atoms with Gasteiger partial charge in [-0.2, -0.15) is 0 Å². The fourth-order valence-electron chi connectivity index (χ4n) is 3.36. The minimum Gasteiger partial charge on any atom is -0.379 e. The molecule has 146 valence electrons. The summed E-state index contributed by atoms with van der Waals surface area (Å²) in [6.07, 6.45) is 0. The number of benzene rings is 2. The number of halogens is 2. The summed E-state index contributed by atoms with van der Waals surface area (Å²) in [7, 11) is 0. The first-order chi connectivity index (χ1) is 13.2. The summed E-state index contributed by atoms with van der Waals surface area (Å²) in [5, 5.41) is 0.874. The molecule has 8 heteroatoms. The molecular formula is C20H19ClFN3O3. The molecule has 0 aliphatic carbocycles. The van der Waals surface area contributed by atoms with Crippen LogP contribution in [-0.2, 0) is 4.84 Å². The van der Waals surface area contributed by atoms with E-state index in [-0.39, 0.29) is 27.7 Å². The average Bonchev–Trinajstić information content (AvgIpc) is 2.96. The Labute approximate surface area is 166 Å². The van der Waals surface area contributed by atoms with Crippen LogP contribution in [-0.4, -0.2) is 16.9 Å². The van der Waals surface area contributed by atoms with Gasteiger partial charge >= 0.3 is 6.03 Å². The maximum atomic E-state index is 14.7. The summed E-state index contributed by atoms with van der Waals surface area (Å²) in [6, 6.07) is 7.46. The first kappa shape index (κ1) is 19.9. The molecule has 3 rings (SSSR count). The van der Waals surface area contributed by atoms with Gasteiger partial charge in [0, 0.05) is 16.1 Å². The van der Waals surface area contributed by atoms with E-state index in [1.165, 1.54) is 25.1 Å². The molecular weight excluding hydrogens is 385 g/mol. The number of allylic oxidation sites excluding steroid dienone is 1. The number of hydrazine groups is 1. The van der Waals surface area contributed by atoms with Gasteiger partial charge in [-0.1, -0.05) is 34.9 Å². The first-order valence-corrected chi connectivity index (χ1v) is 8.87. The lowest BCUT2D eigenvalue weighted by Crippen LogP contribution is -2.43. The van der Waals surface area contributed by atoms with Gasteiger partial charge in [0.15, 0.2) is 5.78 Å². The van der Waals surface area contributed by atoms with Crippen molar-refractivity contribution in [3.05, 3.63) is 80.8 Å². The SMILES string of the molecule is CC1=C(C(=O)c2cc(C)cc(C)c2)C(c2c(F)cccc2Cl)N(C(=O)NN)O1. The van der Waals surface area contributed by atoms with Gasteiger partial charge in [-0.3, -0.25) is 10.2 Å². The summed E-state index contributed by atoms with van der Waals surface area (Å²) >= 11 is 6.22. The third-order valence-electron chi connectivity index (χ3n) is 4.45. The average molecular weight is 404 g/mol. The van der Waals surface area contributed by atoms with Gasteiger partial charge in [0.25, 0.3) is 0 Å². The summed E-state index contributed by atoms with van der Waals surface area (Å²) in [6.45, 7) is 5.27. The molecule has 2 aromatic rings. The van der Waals surface area contributed by atoms with Gasteiger partial charge in [-0.25, -0.2) is 15.0 Å². The zero-order chi connectivity index (χ0) is 20.6. The number of amides is 2. The highest BCUT2D eigenvalue weighted by atomic mass is 35.5. The van der Waals surface area contributed by atoms with E-state index in [0.717, 1.165) is 16.2 Å².